The molecule has 1 heterocycles. The summed E-state index contributed by atoms with van der Waals surface area (Å²) in [5.74, 6) is -1.09. The molecule has 1 amide bonds. The van der Waals surface area contributed by atoms with Gasteiger partial charge in [0.15, 0.2) is 11.7 Å². The number of ether oxygens (including phenoxy) is 1. The maximum absolute atomic E-state index is 13.9. The van der Waals surface area contributed by atoms with Crippen LogP contribution >= 0.6 is 0 Å². The van der Waals surface area contributed by atoms with Crippen LogP contribution in [0.15, 0.2) is 72.8 Å². The van der Waals surface area contributed by atoms with Crippen LogP contribution in [-0.4, -0.2) is 24.2 Å². The molecule has 148 valence electrons. The third kappa shape index (κ3) is 3.01. The molecule has 0 spiro atoms. The van der Waals surface area contributed by atoms with Crippen LogP contribution in [0.5, 0.6) is 0 Å². The zero-order chi connectivity index (χ0) is 20.6. The minimum absolute atomic E-state index is 0.268. The van der Waals surface area contributed by atoms with E-state index in [0.29, 0.717) is 16.7 Å². The van der Waals surface area contributed by atoms with Crippen LogP contribution in [0.25, 0.3) is 0 Å². The Morgan fingerprint density at radius 2 is 1.83 bits per heavy atom. The number of rotatable bonds is 4. The molecule has 0 saturated carbocycles. The number of hydrogen-bond acceptors (Lipinski definition) is 3. The molecule has 1 aliphatic heterocycles. The number of hydrogen-bond donors (Lipinski definition) is 1. The molecule has 29 heavy (non-hydrogen) atoms. The van der Waals surface area contributed by atoms with E-state index in [2.05, 4.69) is 0 Å². The van der Waals surface area contributed by atoms with Gasteiger partial charge >= 0.3 is 0 Å². The standard InChI is InChI=1S/C23H19F2NO3/c1-29-21-22(27)26(18-9-5-8-17(25)13-18)20-12-15(14-24)10-11-19(20)23(21,28)16-6-3-2-4-7-16/h2-13,21,28H,14H2,1H3. The second-order valence-electron chi connectivity index (χ2n) is 6.89. The van der Waals surface area contributed by atoms with E-state index in [-0.39, 0.29) is 11.4 Å². The maximum atomic E-state index is 13.9. The Balaban J connectivity index is 2.02. The van der Waals surface area contributed by atoms with Crippen molar-refractivity contribution in [3.8, 4) is 0 Å². The monoisotopic (exact) mass is 395 g/mol. The fourth-order valence-corrected chi connectivity index (χ4v) is 3.88. The number of fused-ring (bicyclic) bond motifs is 1. The predicted molar refractivity (Wildman–Crippen MR) is 105 cm³/mol. The Morgan fingerprint density at radius 3 is 2.48 bits per heavy atom. The quantitative estimate of drug-likeness (QED) is 0.720. The first kappa shape index (κ1) is 19.2. The smallest absolute Gasteiger partial charge is 0.264 e. The summed E-state index contributed by atoms with van der Waals surface area (Å²) in [5, 5.41) is 11.8. The molecule has 6 heteroatoms. The SMILES string of the molecule is COC1C(=O)N(c2cccc(F)c2)c2cc(CF)ccc2C1(O)c1ccccc1. The summed E-state index contributed by atoms with van der Waals surface area (Å²) < 4.78 is 32.7. The molecule has 0 aromatic heterocycles. The first-order valence-corrected chi connectivity index (χ1v) is 9.10. The number of aliphatic hydroxyl groups is 1. The molecule has 0 fully saturated rings. The zero-order valence-corrected chi connectivity index (χ0v) is 15.7. The highest BCUT2D eigenvalue weighted by molar-refractivity contribution is 6.07. The molecule has 4 nitrogen and oxygen atoms in total. The summed E-state index contributed by atoms with van der Waals surface area (Å²) >= 11 is 0. The largest absolute Gasteiger partial charge is 0.377 e. The van der Waals surface area contributed by atoms with Gasteiger partial charge in [0.25, 0.3) is 5.91 Å². The molecular weight excluding hydrogens is 376 g/mol. The number of halogens is 2. The number of benzene rings is 3. The van der Waals surface area contributed by atoms with Crippen molar-refractivity contribution in [2.45, 2.75) is 18.4 Å². The van der Waals surface area contributed by atoms with Gasteiger partial charge < -0.3 is 9.84 Å². The Morgan fingerprint density at radius 1 is 1.07 bits per heavy atom. The highest BCUT2D eigenvalue weighted by Crippen LogP contribution is 2.47. The van der Waals surface area contributed by atoms with Crippen LogP contribution < -0.4 is 4.90 Å². The van der Waals surface area contributed by atoms with Gasteiger partial charge in [-0.2, -0.15) is 0 Å². The number of anilines is 2. The number of carbonyl (C=O) groups excluding carboxylic acids is 1. The maximum Gasteiger partial charge on any atom is 0.264 e. The Kier molecular flexibility index (Phi) is 4.90. The molecule has 1 N–H and O–H groups in total. The normalized spacial score (nSPS) is 21.2. The van der Waals surface area contributed by atoms with Gasteiger partial charge in [-0.05, 0) is 35.4 Å². The third-order valence-corrected chi connectivity index (χ3v) is 5.21. The lowest BCUT2D eigenvalue weighted by atomic mass is 9.77. The van der Waals surface area contributed by atoms with Crippen LogP contribution in [0.4, 0.5) is 20.2 Å². The van der Waals surface area contributed by atoms with Crippen molar-refractivity contribution < 1.29 is 23.4 Å². The van der Waals surface area contributed by atoms with Crippen molar-refractivity contribution in [3.63, 3.8) is 0 Å². The van der Waals surface area contributed by atoms with Gasteiger partial charge in [0.1, 0.15) is 12.5 Å². The Labute approximate surface area is 167 Å². The summed E-state index contributed by atoms with van der Waals surface area (Å²) in [6, 6.07) is 18.9. The molecular formula is C23H19F2NO3. The zero-order valence-electron chi connectivity index (χ0n) is 15.7. The number of carbonyl (C=O) groups is 1. The van der Waals surface area contributed by atoms with Gasteiger partial charge in [0, 0.05) is 12.7 Å². The van der Waals surface area contributed by atoms with Gasteiger partial charge in [-0.1, -0.05) is 48.5 Å². The van der Waals surface area contributed by atoms with E-state index in [1.165, 1.54) is 36.3 Å². The molecule has 4 rings (SSSR count). The number of nitrogens with zero attached hydrogens (tertiary/aromatic N) is 1. The number of methoxy groups -OCH3 is 1. The average Bonchev–Trinajstić information content (AvgIpc) is 2.74. The van der Waals surface area contributed by atoms with Crippen molar-refractivity contribution in [2.24, 2.45) is 0 Å². The lowest BCUT2D eigenvalue weighted by Crippen LogP contribution is -2.56. The van der Waals surface area contributed by atoms with Gasteiger partial charge in [-0.15, -0.1) is 0 Å². The van der Waals surface area contributed by atoms with Gasteiger partial charge in [0.2, 0.25) is 0 Å². The van der Waals surface area contributed by atoms with Crippen molar-refractivity contribution in [3.05, 3.63) is 95.3 Å². The van der Waals surface area contributed by atoms with Crippen LogP contribution in [0.3, 0.4) is 0 Å². The van der Waals surface area contributed by atoms with E-state index >= 15 is 0 Å². The van der Waals surface area contributed by atoms with E-state index < -0.39 is 30.1 Å². The average molecular weight is 395 g/mol. The molecule has 1 aliphatic rings. The summed E-state index contributed by atoms with van der Waals surface area (Å²) in [6.45, 7) is -0.740. The third-order valence-electron chi connectivity index (χ3n) is 5.21. The van der Waals surface area contributed by atoms with Gasteiger partial charge in [0.05, 0.1) is 11.4 Å². The van der Waals surface area contributed by atoms with E-state index in [4.69, 9.17) is 4.74 Å². The highest BCUT2D eigenvalue weighted by Gasteiger charge is 2.52. The van der Waals surface area contributed by atoms with Crippen LogP contribution in [-0.2, 0) is 21.8 Å². The minimum atomic E-state index is -1.79. The molecule has 0 saturated heterocycles. The Bertz CT molecular complexity index is 1060. The van der Waals surface area contributed by atoms with Crippen molar-refractivity contribution in [1.82, 2.24) is 0 Å². The van der Waals surface area contributed by atoms with E-state index in [9.17, 15) is 18.7 Å². The second-order valence-corrected chi connectivity index (χ2v) is 6.89. The fraction of sp³-hybridized carbons (Fsp3) is 0.174. The molecule has 3 aromatic carbocycles. The molecule has 0 radical (unpaired) electrons. The molecule has 2 atom stereocenters. The fourth-order valence-electron chi connectivity index (χ4n) is 3.88. The predicted octanol–water partition coefficient (Wildman–Crippen LogP) is 4.22. The van der Waals surface area contributed by atoms with E-state index in [1.54, 1.807) is 48.5 Å². The van der Waals surface area contributed by atoms with Crippen molar-refractivity contribution in [2.75, 3.05) is 12.0 Å². The van der Waals surface area contributed by atoms with Crippen LogP contribution in [0, 0.1) is 5.82 Å². The summed E-state index contributed by atoms with van der Waals surface area (Å²) in [5.41, 5.74) is -0.0600. The Hall–Kier alpha value is -3.09. The van der Waals surface area contributed by atoms with Crippen LogP contribution in [0.2, 0.25) is 0 Å². The van der Waals surface area contributed by atoms with Crippen molar-refractivity contribution in [1.29, 1.82) is 0 Å². The van der Waals surface area contributed by atoms with Crippen molar-refractivity contribution >= 4 is 17.3 Å². The van der Waals surface area contributed by atoms with E-state index in [1.807, 2.05) is 0 Å². The lowest BCUT2D eigenvalue weighted by molar-refractivity contribution is -0.144. The minimum Gasteiger partial charge on any atom is -0.377 e. The second kappa shape index (κ2) is 7.39. The molecule has 0 aliphatic carbocycles. The topological polar surface area (TPSA) is 49.8 Å². The number of alkyl halides is 1. The first-order chi connectivity index (χ1) is 14.0. The first-order valence-electron chi connectivity index (χ1n) is 9.10. The van der Waals surface area contributed by atoms with Gasteiger partial charge in [-0.25, -0.2) is 8.78 Å². The summed E-state index contributed by atoms with van der Waals surface area (Å²) in [7, 11) is 1.33. The molecule has 2 unspecified atom stereocenters. The van der Waals surface area contributed by atoms with Crippen LogP contribution in [0.1, 0.15) is 16.7 Å². The lowest BCUT2D eigenvalue weighted by Gasteiger charge is -2.44. The molecule has 3 aromatic rings. The molecule has 0 bridgehead atoms. The number of amides is 1. The summed E-state index contributed by atoms with van der Waals surface area (Å²) in [6.07, 6.45) is -1.28. The van der Waals surface area contributed by atoms with Gasteiger partial charge in [-0.3, -0.25) is 9.69 Å². The van der Waals surface area contributed by atoms with E-state index in [0.717, 1.165) is 0 Å². The summed E-state index contributed by atoms with van der Waals surface area (Å²) in [4.78, 5) is 14.7. The highest BCUT2D eigenvalue weighted by atomic mass is 19.1.